The van der Waals surface area contributed by atoms with Gasteiger partial charge in [0.2, 0.25) is 0 Å². The van der Waals surface area contributed by atoms with Crippen LogP contribution >= 0.6 is 0 Å². The van der Waals surface area contributed by atoms with E-state index in [1.54, 1.807) is 16.7 Å². The third kappa shape index (κ3) is 2.13. The van der Waals surface area contributed by atoms with E-state index in [1.807, 2.05) is 0 Å². The number of imidazole rings is 1. The van der Waals surface area contributed by atoms with Crippen molar-refractivity contribution in [2.24, 2.45) is 0 Å². The topological polar surface area (TPSA) is 102 Å². The van der Waals surface area contributed by atoms with Crippen molar-refractivity contribution >= 4 is 16.7 Å². The van der Waals surface area contributed by atoms with Gasteiger partial charge < -0.3 is 19.7 Å². The summed E-state index contributed by atoms with van der Waals surface area (Å²) in [6, 6.07) is 4.82. The van der Waals surface area contributed by atoms with Crippen LogP contribution in [0.4, 0.5) is 5.69 Å². The number of aromatic nitrogens is 2. The highest BCUT2D eigenvalue weighted by Crippen LogP contribution is 2.27. The first kappa shape index (κ1) is 13.0. The highest BCUT2D eigenvalue weighted by molar-refractivity contribution is 5.84. The first-order chi connectivity index (χ1) is 9.70. The van der Waals surface area contributed by atoms with E-state index in [1.165, 1.54) is 12.4 Å². The highest BCUT2D eigenvalue weighted by Gasteiger charge is 2.25. The number of nitro groups is 1. The fourth-order valence-electron chi connectivity index (χ4n) is 2.38. The number of aliphatic hydroxyl groups is 1. The molecule has 1 aliphatic heterocycles. The fourth-order valence-corrected chi connectivity index (χ4v) is 2.38. The summed E-state index contributed by atoms with van der Waals surface area (Å²) in [6.45, 7) is 1.07. The van der Waals surface area contributed by atoms with Crippen molar-refractivity contribution in [2.45, 2.75) is 12.3 Å². The molecule has 8 heteroatoms. The summed E-state index contributed by atoms with van der Waals surface area (Å²) < 4.78 is 7.48. The number of ether oxygens (including phenoxy) is 1. The highest BCUT2D eigenvalue weighted by atomic mass is 16.6. The van der Waals surface area contributed by atoms with Gasteiger partial charge in [-0.25, -0.2) is 4.98 Å². The Morgan fingerprint density at radius 2 is 2.40 bits per heavy atom. The van der Waals surface area contributed by atoms with Crippen molar-refractivity contribution in [2.75, 3.05) is 19.7 Å². The van der Waals surface area contributed by atoms with Gasteiger partial charge in [0.05, 0.1) is 29.5 Å². The number of hydrogen-bond donors (Lipinski definition) is 2. The maximum atomic E-state index is 11.0. The van der Waals surface area contributed by atoms with Gasteiger partial charge in [-0.3, -0.25) is 10.1 Å². The molecule has 0 spiro atoms. The van der Waals surface area contributed by atoms with Crippen LogP contribution in [0.3, 0.4) is 0 Å². The number of hydrogen-bond acceptors (Lipinski definition) is 6. The van der Waals surface area contributed by atoms with E-state index < -0.39 is 4.92 Å². The van der Waals surface area contributed by atoms with E-state index in [-0.39, 0.29) is 24.6 Å². The molecule has 2 heterocycles. The van der Waals surface area contributed by atoms with Gasteiger partial charge in [0.25, 0.3) is 5.69 Å². The van der Waals surface area contributed by atoms with Crippen LogP contribution in [0.1, 0.15) is 6.23 Å². The minimum atomic E-state index is -0.448. The number of fused-ring (bicyclic) bond motifs is 1. The summed E-state index contributed by atoms with van der Waals surface area (Å²) in [4.78, 5) is 14.6. The summed E-state index contributed by atoms with van der Waals surface area (Å²) in [7, 11) is 0. The molecule has 2 N–H and O–H groups in total. The predicted molar refractivity (Wildman–Crippen MR) is 70.3 cm³/mol. The zero-order valence-corrected chi connectivity index (χ0v) is 10.6. The summed E-state index contributed by atoms with van der Waals surface area (Å²) in [5, 5.41) is 23.3. The van der Waals surface area contributed by atoms with Crippen LogP contribution in [-0.4, -0.2) is 45.4 Å². The molecule has 2 atom stereocenters. The van der Waals surface area contributed by atoms with Gasteiger partial charge in [-0.2, -0.15) is 0 Å². The molecule has 1 fully saturated rings. The molecule has 1 aromatic carbocycles. The largest absolute Gasteiger partial charge is 0.394 e. The second-order valence-electron chi connectivity index (χ2n) is 4.61. The summed E-state index contributed by atoms with van der Waals surface area (Å²) >= 11 is 0. The third-order valence-corrected chi connectivity index (χ3v) is 3.33. The number of para-hydroxylation sites is 1. The molecular formula is C12H14N4O4. The molecule has 0 radical (unpaired) electrons. The minimum absolute atomic E-state index is 0.0243. The van der Waals surface area contributed by atoms with E-state index in [4.69, 9.17) is 9.84 Å². The molecule has 106 valence electrons. The van der Waals surface area contributed by atoms with E-state index in [0.717, 1.165) is 0 Å². The lowest BCUT2D eigenvalue weighted by Crippen LogP contribution is -2.44. The SMILES string of the molecule is O=[N+]([O-])c1cccc2c1ncn2[C@H]1CNC[C@@H](CO)O1. The number of benzene rings is 1. The molecule has 1 aromatic heterocycles. The van der Waals surface area contributed by atoms with Gasteiger partial charge in [0.1, 0.15) is 6.23 Å². The lowest BCUT2D eigenvalue weighted by molar-refractivity contribution is -0.383. The average Bonchev–Trinajstić information content (AvgIpc) is 2.91. The lowest BCUT2D eigenvalue weighted by Gasteiger charge is -2.30. The normalized spacial score (nSPS) is 23.1. The summed E-state index contributed by atoms with van der Waals surface area (Å²) in [6.07, 6.45) is 0.904. The summed E-state index contributed by atoms with van der Waals surface area (Å²) in [5.41, 5.74) is 0.959. The van der Waals surface area contributed by atoms with Crippen molar-refractivity contribution in [3.8, 4) is 0 Å². The van der Waals surface area contributed by atoms with Gasteiger partial charge >= 0.3 is 0 Å². The van der Waals surface area contributed by atoms with E-state index in [0.29, 0.717) is 24.1 Å². The van der Waals surface area contributed by atoms with Crippen molar-refractivity contribution in [3.63, 3.8) is 0 Å². The Morgan fingerprint density at radius 1 is 1.55 bits per heavy atom. The average molecular weight is 278 g/mol. The predicted octanol–water partition coefficient (Wildman–Crippen LogP) is 0.424. The van der Waals surface area contributed by atoms with Gasteiger partial charge in [0, 0.05) is 19.2 Å². The Bertz CT molecular complexity index is 641. The van der Waals surface area contributed by atoms with E-state index in [2.05, 4.69) is 10.3 Å². The first-order valence-electron chi connectivity index (χ1n) is 6.27. The minimum Gasteiger partial charge on any atom is -0.394 e. The van der Waals surface area contributed by atoms with Crippen LogP contribution in [0.5, 0.6) is 0 Å². The zero-order valence-electron chi connectivity index (χ0n) is 10.6. The van der Waals surface area contributed by atoms with Crippen LogP contribution in [0.2, 0.25) is 0 Å². The Morgan fingerprint density at radius 3 is 3.15 bits per heavy atom. The molecule has 1 aliphatic rings. The Labute approximate surface area is 114 Å². The van der Waals surface area contributed by atoms with Crippen LogP contribution in [0.25, 0.3) is 11.0 Å². The van der Waals surface area contributed by atoms with Gasteiger partial charge in [-0.05, 0) is 6.07 Å². The smallest absolute Gasteiger partial charge is 0.297 e. The maximum absolute atomic E-state index is 11.0. The van der Waals surface area contributed by atoms with E-state index in [9.17, 15) is 10.1 Å². The second-order valence-corrected chi connectivity index (χ2v) is 4.61. The number of non-ortho nitro benzene ring substituents is 1. The van der Waals surface area contributed by atoms with Crippen molar-refractivity contribution in [1.29, 1.82) is 0 Å². The van der Waals surface area contributed by atoms with Crippen molar-refractivity contribution in [1.82, 2.24) is 14.9 Å². The molecule has 0 unspecified atom stereocenters. The number of morpholine rings is 1. The number of nitro benzene ring substituents is 1. The second kappa shape index (κ2) is 5.16. The lowest BCUT2D eigenvalue weighted by atomic mass is 10.2. The van der Waals surface area contributed by atoms with Crippen LogP contribution in [-0.2, 0) is 4.74 Å². The molecule has 0 saturated carbocycles. The first-order valence-corrected chi connectivity index (χ1v) is 6.27. The van der Waals surface area contributed by atoms with Crippen LogP contribution < -0.4 is 5.32 Å². The molecule has 3 rings (SSSR count). The van der Waals surface area contributed by atoms with Gasteiger partial charge in [0.15, 0.2) is 5.52 Å². The van der Waals surface area contributed by atoms with Crippen molar-refractivity contribution < 1.29 is 14.8 Å². The Kier molecular flexibility index (Phi) is 3.35. The summed E-state index contributed by atoms with van der Waals surface area (Å²) in [5.74, 6) is 0. The Balaban J connectivity index is 2.00. The molecule has 0 amide bonds. The molecule has 0 aliphatic carbocycles. The number of nitrogens with one attached hydrogen (secondary N) is 1. The maximum Gasteiger partial charge on any atom is 0.297 e. The third-order valence-electron chi connectivity index (χ3n) is 3.33. The fraction of sp³-hybridized carbons (Fsp3) is 0.417. The van der Waals surface area contributed by atoms with Gasteiger partial charge in [-0.15, -0.1) is 0 Å². The van der Waals surface area contributed by atoms with Crippen molar-refractivity contribution in [3.05, 3.63) is 34.6 Å². The zero-order chi connectivity index (χ0) is 14.1. The Hall–Kier alpha value is -2.03. The molecule has 8 nitrogen and oxygen atoms in total. The molecule has 20 heavy (non-hydrogen) atoms. The van der Waals surface area contributed by atoms with Crippen LogP contribution in [0.15, 0.2) is 24.5 Å². The van der Waals surface area contributed by atoms with Gasteiger partial charge in [-0.1, -0.05) is 6.07 Å². The van der Waals surface area contributed by atoms with E-state index >= 15 is 0 Å². The molecule has 1 saturated heterocycles. The molecular weight excluding hydrogens is 264 g/mol. The molecule has 2 aromatic rings. The van der Waals surface area contributed by atoms with Crippen LogP contribution in [0, 0.1) is 10.1 Å². The molecule has 0 bridgehead atoms. The quantitative estimate of drug-likeness (QED) is 0.623. The number of rotatable bonds is 3. The number of aliphatic hydroxyl groups excluding tert-OH is 1. The monoisotopic (exact) mass is 278 g/mol. The number of nitrogens with zero attached hydrogens (tertiary/aromatic N) is 3. The standard InChI is InChI=1S/C12H14N4O4/c17-6-8-4-13-5-11(20-8)15-7-14-12-9(15)2-1-3-10(12)16(18)19/h1-3,7-8,11,13,17H,4-6H2/t8-,11+/m0/s1.